The lowest BCUT2D eigenvalue weighted by Crippen LogP contribution is -2.26. The summed E-state index contributed by atoms with van der Waals surface area (Å²) in [6.07, 6.45) is -4.18. The number of hydrogen-bond donors (Lipinski definition) is 1. The van der Waals surface area contributed by atoms with E-state index in [0.717, 1.165) is 5.56 Å². The third kappa shape index (κ3) is 6.71. The van der Waals surface area contributed by atoms with Gasteiger partial charge in [-0.3, -0.25) is 0 Å². The molecule has 1 atom stereocenters. The molecule has 21 heavy (non-hydrogen) atoms. The molecular formula is C15H22F3NO2. The zero-order valence-electron chi connectivity index (χ0n) is 12.6. The standard InChI is InChI=1S/C15H22F3NO2/c1-11(5-4-8-15(16,17)18)19-10-12-6-7-13(20-2)9-14(12)21-3/h6-7,9,11,19H,4-5,8,10H2,1-3H3. The molecule has 0 spiro atoms. The summed E-state index contributed by atoms with van der Waals surface area (Å²) in [5.41, 5.74) is 0.945. The van der Waals surface area contributed by atoms with Crippen LogP contribution in [0.1, 0.15) is 31.7 Å². The van der Waals surface area contributed by atoms with Gasteiger partial charge in [-0.2, -0.15) is 13.2 Å². The molecule has 0 saturated carbocycles. The summed E-state index contributed by atoms with van der Waals surface area (Å²) in [5, 5.41) is 3.21. The van der Waals surface area contributed by atoms with Gasteiger partial charge in [0.05, 0.1) is 14.2 Å². The van der Waals surface area contributed by atoms with Gasteiger partial charge in [-0.05, 0) is 25.8 Å². The molecule has 6 heteroatoms. The van der Waals surface area contributed by atoms with Gasteiger partial charge in [0, 0.05) is 30.6 Å². The molecule has 0 aromatic heterocycles. The maximum atomic E-state index is 12.1. The van der Waals surface area contributed by atoms with E-state index in [4.69, 9.17) is 9.47 Å². The third-order valence-corrected chi connectivity index (χ3v) is 3.23. The van der Waals surface area contributed by atoms with Crippen molar-refractivity contribution in [3.05, 3.63) is 23.8 Å². The molecule has 1 unspecified atom stereocenters. The zero-order valence-corrected chi connectivity index (χ0v) is 12.6. The lowest BCUT2D eigenvalue weighted by atomic mass is 10.1. The predicted molar refractivity (Wildman–Crippen MR) is 75.8 cm³/mol. The molecule has 1 aromatic rings. The molecule has 0 aliphatic heterocycles. The van der Waals surface area contributed by atoms with E-state index in [1.54, 1.807) is 20.3 Å². The van der Waals surface area contributed by atoms with Gasteiger partial charge in [0.15, 0.2) is 0 Å². The number of nitrogens with one attached hydrogen (secondary N) is 1. The molecule has 0 fully saturated rings. The van der Waals surface area contributed by atoms with Crippen LogP contribution in [0, 0.1) is 0 Å². The van der Waals surface area contributed by atoms with Gasteiger partial charge in [0.25, 0.3) is 0 Å². The summed E-state index contributed by atoms with van der Waals surface area (Å²) < 4.78 is 46.6. The van der Waals surface area contributed by atoms with Crippen molar-refractivity contribution >= 4 is 0 Å². The number of rotatable bonds is 8. The normalized spacial score (nSPS) is 13.0. The highest BCUT2D eigenvalue weighted by Crippen LogP contribution is 2.25. The van der Waals surface area contributed by atoms with Crippen LogP contribution in [0.5, 0.6) is 11.5 Å². The molecule has 1 aromatic carbocycles. The fourth-order valence-corrected chi connectivity index (χ4v) is 1.99. The Kier molecular flexibility index (Phi) is 6.81. The molecule has 0 radical (unpaired) electrons. The number of methoxy groups -OCH3 is 2. The Morgan fingerprint density at radius 1 is 1.19 bits per heavy atom. The summed E-state index contributed by atoms with van der Waals surface area (Å²) in [5.74, 6) is 1.40. The molecule has 0 amide bonds. The first-order valence-corrected chi connectivity index (χ1v) is 6.86. The van der Waals surface area contributed by atoms with E-state index in [1.807, 2.05) is 19.1 Å². The van der Waals surface area contributed by atoms with Crippen molar-refractivity contribution < 1.29 is 22.6 Å². The lowest BCUT2D eigenvalue weighted by Gasteiger charge is -2.16. The largest absolute Gasteiger partial charge is 0.497 e. The summed E-state index contributed by atoms with van der Waals surface area (Å²) in [6.45, 7) is 2.42. The average molecular weight is 305 g/mol. The molecule has 0 aliphatic carbocycles. The van der Waals surface area contributed by atoms with Gasteiger partial charge in [-0.25, -0.2) is 0 Å². The minimum atomic E-state index is -4.07. The smallest absolute Gasteiger partial charge is 0.389 e. The summed E-state index contributed by atoms with van der Waals surface area (Å²) in [6, 6.07) is 5.51. The first-order valence-electron chi connectivity index (χ1n) is 6.86. The molecule has 0 aliphatic rings. The van der Waals surface area contributed by atoms with Crippen LogP contribution in [0.4, 0.5) is 13.2 Å². The molecule has 0 saturated heterocycles. The van der Waals surface area contributed by atoms with Gasteiger partial charge >= 0.3 is 6.18 Å². The molecule has 0 bridgehead atoms. The second-order valence-electron chi connectivity index (χ2n) is 4.97. The third-order valence-electron chi connectivity index (χ3n) is 3.23. The van der Waals surface area contributed by atoms with E-state index in [2.05, 4.69) is 5.32 Å². The van der Waals surface area contributed by atoms with Crippen LogP contribution in [0.2, 0.25) is 0 Å². The fourth-order valence-electron chi connectivity index (χ4n) is 1.99. The van der Waals surface area contributed by atoms with Gasteiger partial charge in [0.1, 0.15) is 11.5 Å². The minimum Gasteiger partial charge on any atom is -0.497 e. The first kappa shape index (κ1) is 17.6. The van der Waals surface area contributed by atoms with Crippen LogP contribution in [-0.4, -0.2) is 26.4 Å². The second-order valence-corrected chi connectivity index (χ2v) is 4.97. The number of ether oxygens (including phenoxy) is 2. The monoisotopic (exact) mass is 305 g/mol. The Balaban J connectivity index is 2.44. The quantitative estimate of drug-likeness (QED) is 0.790. The summed E-state index contributed by atoms with van der Waals surface area (Å²) >= 11 is 0. The number of halogens is 3. The number of alkyl halides is 3. The molecule has 0 heterocycles. The minimum absolute atomic E-state index is 0.0131. The van der Waals surface area contributed by atoms with Crippen LogP contribution in [0.3, 0.4) is 0 Å². The van der Waals surface area contributed by atoms with Gasteiger partial charge in [0.2, 0.25) is 0 Å². The van der Waals surface area contributed by atoms with E-state index < -0.39 is 12.6 Å². The van der Waals surface area contributed by atoms with Crippen molar-refractivity contribution in [2.75, 3.05) is 14.2 Å². The van der Waals surface area contributed by atoms with Crippen molar-refractivity contribution in [3.8, 4) is 11.5 Å². The van der Waals surface area contributed by atoms with Crippen molar-refractivity contribution in [1.82, 2.24) is 5.32 Å². The lowest BCUT2D eigenvalue weighted by molar-refractivity contribution is -0.135. The van der Waals surface area contributed by atoms with Crippen LogP contribution in [0.25, 0.3) is 0 Å². The van der Waals surface area contributed by atoms with Gasteiger partial charge < -0.3 is 14.8 Å². The van der Waals surface area contributed by atoms with E-state index in [1.165, 1.54) is 0 Å². The number of hydrogen-bond acceptors (Lipinski definition) is 3. The zero-order chi connectivity index (χ0) is 15.9. The number of benzene rings is 1. The van der Waals surface area contributed by atoms with E-state index >= 15 is 0 Å². The van der Waals surface area contributed by atoms with Crippen LogP contribution in [-0.2, 0) is 6.54 Å². The first-order chi connectivity index (χ1) is 9.85. The SMILES string of the molecule is COc1ccc(CNC(C)CCCC(F)(F)F)c(OC)c1. The maximum Gasteiger partial charge on any atom is 0.389 e. The topological polar surface area (TPSA) is 30.5 Å². The van der Waals surface area contributed by atoms with Crippen molar-refractivity contribution in [3.63, 3.8) is 0 Å². The Morgan fingerprint density at radius 3 is 2.48 bits per heavy atom. The van der Waals surface area contributed by atoms with Crippen LogP contribution in [0.15, 0.2) is 18.2 Å². The molecular weight excluding hydrogens is 283 g/mol. The highest BCUT2D eigenvalue weighted by Gasteiger charge is 2.26. The Bertz CT molecular complexity index is 435. The second kappa shape index (κ2) is 8.12. The molecule has 3 nitrogen and oxygen atoms in total. The predicted octanol–water partition coefficient (Wildman–Crippen LogP) is 3.91. The van der Waals surface area contributed by atoms with Crippen LogP contribution >= 0.6 is 0 Å². The maximum absolute atomic E-state index is 12.1. The van der Waals surface area contributed by atoms with Crippen LogP contribution < -0.4 is 14.8 Å². The fraction of sp³-hybridized carbons (Fsp3) is 0.600. The average Bonchev–Trinajstić information content (AvgIpc) is 2.43. The van der Waals surface area contributed by atoms with Crippen molar-refractivity contribution in [2.45, 2.75) is 44.9 Å². The molecule has 120 valence electrons. The molecule has 1 N–H and O–H groups in total. The highest BCUT2D eigenvalue weighted by atomic mass is 19.4. The Hall–Kier alpha value is -1.43. The van der Waals surface area contributed by atoms with E-state index in [-0.39, 0.29) is 12.5 Å². The van der Waals surface area contributed by atoms with Gasteiger partial charge in [-0.15, -0.1) is 0 Å². The highest BCUT2D eigenvalue weighted by molar-refractivity contribution is 5.40. The Labute approximate surface area is 123 Å². The van der Waals surface area contributed by atoms with Gasteiger partial charge in [-0.1, -0.05) is 6.07 Å². The molecule has 1 rings (SSSR count). The summed E-state index contributed by atoms with van der Waals surface area (Å²) in [4.78, 5) is 0. The van der Waals surface area contributed by atoms with E-state index in [9.17, 15) is 13.2 Å². The van der Waals surface area contributed by atoms with E-state index in [0.29, 0.717) is 24.5 Å². The summed E-state index contributed by atoms with van der Waals surface area (Å²) in [7, 11) is 3.15. The Morgan fingerprint density at radius 2 is 1.90 bits per heavy atom. The van der Waals surface area contributed by atoms with Crippen molar-refractivity contribution in [1.29, 1.82) is 0 Å². The van der Waals surface area contributed by atoms with Crippen molar-refractivity contribution in [2.24, 2.45) is 0 Å².